The smallest absolute Gasteiger partial charge is 0.134 e. The number of benzene rings is 2. The molecule has 112 valence electrons. The Balaban J connectivity index is 2.09. The molecule has 0 bridgehead atoms. The molecule has 0 atom stereocenters. The van der Waals surface area contributed by atoms with Crippen LogP contribution in [0.15, 0.2) is 45.3 Å². The third kappa shape index (κ3) is 4.46. The highest BCUT2D eigenvalue weighted by molar-refractivity contribution is 9.10. The van der Waals surface area contributed by atoms with Crippen LogP contribution in [0.1, 0.15) is 11.1 Å². The zero-order valence-electron chi connectivity index (χ0n) is 12.0. The third-order valence-corrected chi connectivity index (χ3v) is 4.41. The molecule has 0 aliphatic heterocycles. The second-order valence-corrected chi connectivity index (χ2v) is 6.25. The van der Waals surface area contributed by atoms with E-state index in [2.05, 4.69) is 49.3 Å². The van der Waals surface area contributed by atoms with Gasteiger partial charge in [0, 0.05) is 16.6 Å². The molecule has 0 radical (unpaired) electrons. The molecule has 0 unspecified atom stereocenters. The van der Waals surface area contributed by atoms with Gasteiger partial charge in [0.15, 0.2) is 0 Å². The number of nitrogens with one attached hydrogen (secondary N) is 1. The van der Waals surface area contributed by atoms with E-state index in [1.807, 2.05) is 31.3 Å². The predicted octanol–water partition coefficient (Wildman–Crippen LogP) is 4.52. The van der Waals surface area contributed by atoms with Crippen LogP contribution in [0.5, 0.6) is 11.5 Å². The monoisotopic (exact) mass is 413 g/mol. The van der Waals surface area contributed by atoms with Crippen LogP contribution in [-0.4, -0.2) is 14.2 Å². The van der Waals surface area contributed by atoms with Crippen LogP contribution >= 0.6 is 31.9 Å². The first-order chi connectivity index (χ1) is 10.1. The molecule has 0 fully saturated rings. The summed E-state index contributed by atoms with van der Waals surface area (Å²) in [5.74, 6) is 1.64. The average Bonchev–Trinajstić information content (AvgIpc) is 2.48. The maximum atomic E-state index is 5.88. The molecule has 0 spiro atoms. The molecule has 1 N–H and O–H groups in total. The van der Waals surface area contributed by atoms with E-state index in [1.54, 1.807) is 7.11 Å². The number of ether oxygens (including phenoxy) is 2. The summed E-state index contributed by atoms with van der Waals surface area (Å²) in [7, 11) is 3.59. The van der Waals surface area contributed by atoms with Gasteiger partial charge in [-0.1, -0.05) is 22.0 Å². The molecule has 3 nitrogen and oxygen atoms in total. The largest absolute Gasteiger partial charge is 0.497 e. The summed E-state index contributed by atoms with van der Waals surface area (Å²) in [6.07, 6.45) is 0. The van der Waals surface area contributed by atoms with Crippen molar-refractivity contribution in [1.82, 2.24) is 5.32 Å². The van der Waals surface area contributed by atoms with Crippen molar-refractivity contribution >= 4 is 31.9 Å². The lowest BCUT2D eigenvalue weighted by atomic mass is 10.2. The number of methoxy groups -OCH3 is 1. The van der Waals surface area contributed by atoms with Gasteiger partial charge < -0.3 is 14.8 Å². The van der Waals surface area contributed by atoms with Crippen LogP contribution < -0.4 is 14.8 Å². The van der Waals surface area contributed by atoms with Gasteiger partial charge in [-0.3, -0.25) is 0 Å². The van der Waals surface area contributed by atoms with Crippen molar-refractivity contribution in [3.63, 3.8) is 0 Å². The minimum Gasteiger partial charge on any atom is -0.497 e. The fourth-order valence-corrected chi connectivity index (χ4v) is 2.82. The normalized spacial score (nSPS) is 10.5. The van der Waals surface area contributed by atoms with Gasteiger partial charge >= 0.3 is 0 Å². The molecule has 5 heteroatoms. The first-order valence-electron chi connectivity index (χ1n) is 6.52. The lowest BCUT2D eigenvalue weighted by Gasteiger charge is -2.12. The summed E-state index contributed by atoms with van der Waals surface area (Å²) in [5, 5.41) is 3.13. The van der Waals surface area contributed by atoms with Crippen LogP contribution in [-0.2, 0) is 13.2 Å². The maximum Gasteiger partial charge on any atom is 0.134 e. The van der Waals surface area contributed by atoms with Gasteiger partial charge in [-0.25, -0.2) is 0 Å². The molecule has 0 saturated heterocycles. The van der Waals surface area contributed by atoms with Crippen molar-refractivity contribution in [3.8, 4) is 11.5 Å². The summed E-state index contributed by atoms with van der Waals surface area (Å²) in [5.41, 5.74) is 2.25. The van der Waals surface area contributed by atoms with Gasteiger partial charge in [0.1, 0.15) is 18.1 Å². The molecule has 0 saturated carbocycles. The minimum absolute atomic E-state index is 0.474. The molecule has 0 amide bonds. The molecule has 2 aromatic rings. The zero-order valence-corrected chi connectivity index (χ0v) is 15.1. The Bertz CT molecular complexity index is 617. The first-order valence-corrected chi connectivity index (χ1v) is 8.11. The van der Waals surface area contributed by atoms with E-state index < -0.39 is 0 Å². The number of rotatable bonds is 6. The minimum atomic E-state index is 0.474. The maximum absolute atomic E-state index is 5.88. The van der Waals surface area contributed by atoms with E-state index in [-0.39, 0.29) is 0 Å². The summed E-state index contributed by atoms with van der Waals surface area (Å²) in [6, 6.07) is 11.9. The van der Waals surface area contributed by atoms with Crippen molar-refractivity contribution < 1.29 is 9.47 Å². The van der Waals surface area contributed by atoms with Crippen molar-refractivity contribution in [1.29, 1.82) is 0 Å². The van der Waals surface area contributed by atoms with Crippen molar-refractivity contribution in [2.75, 3.05) is 14.2 Å². The van der Waals surface area contributed by atoms with Gasteiger partial charge in [-0.15, -0.1) is 0 Å². The predicted molar refractivity (Wildman–Crippen MR) is 91.9 cm³/mol. The highest BCUT2D eigenvalue weighted by Crippen LogP contribution is 2.29. The molecule has 2 aromatic carbocycles. The van der Waals surface area contributed by atoms with Crippen LogP contribution in [0.4, 0.5) is 0 Å². The molecule has 21 heavy (non-hydrogen) atoms. The summed E-state index contributed by atoms with van der Waals surface area (Å²) in [6.45, 7) is 1.31. The second kappa shape index (κ2) is 7.82. The average molecular weight is 415 g/mol. The first kappa shape index (κ1) is 16.3. The van der Waals surface area contributed by atoms with Gasteiger partial charge in [0.25, 0.3) is 0 Å². The Morgan fingerprint density at radius 2 is 1.86 bits per heavy atom. The zero-order chi connectivity index (χ0) is 15.2. The summed E-state index contributed by atoms with van der Waals surface area (Å²) < 4.78 is 13.1. The lowest BCUT2D eigenvalue weighted by Crippen LogP contribution is -2.05. The number of hydrogen-bond donors (Lipinski definition) is 1. The Labute approximate surface area is 141 Å². The number of halogens is 2. The van der Waals surface area contributed by atoms with E-state index in [0.717, 1.165) is 32.6 Å². The molecular weight excluding hydrogens is 398 g/mol. The van der Waals surface area contributed by atoms with Gasteiger partial charge in [0.2, 0.25) is 0 Å². The molecule has 2 rings (SSSR count). The van der Waals surface area contributed by atoms with Crippen molar-refractivity contribution in [3.05, 3.63) is 56.5 Å². The quantitative estimate of drug-likeness (QED) is 0.753. The Morgan fingerprint density at radius 1 is 1.05 bits per heavy atom. The van der Waals surface area contributed by atoms with Crippen molar-refractivity contribution in [2.24, 2.45) is 0 Å². The molecular formula is C16H17Br2NO2. The Morgan fingerprint density at radius 3 is 2.52 bits per heavy atom. The topological polar surface area (TPSA) is 30.5 Å². The number of hydrogen-bond acceptors (Lipinski definition) is 3. The summed E-state index contributed by atoms with van der Waals surface area (Å²) >= 11 is 7.08. The van der Waals surface area contributed by atoms with Crippen LogP contribution in [0.2, 0.25) is 0 Å². The van der Waals surface area contributed by atoms with E-state index >= 15 is 0 Å². The molecule has 0 heterocycles. The van der Waals surface area contributed by atoms with Crippen molar-refractivity contribution in [2.45, 2.75) is 13.2 Å². The van der Waals surface area contributed by atoms with Crippen LogP contribution in [0, 0.1) is 0 Å². The molecule has 0 aromatic heterocycles. The SMILES string of the molecule is CNCc1ccc(OCc2cc(OC)ccc2Br)c(Br)c1. The molecule has 0 aliphatic carbocycles. The van der Waals surface area contributed by atoms with E-state index in [9.17, 15) is 0 Å². The fourth-order valence-electron chi connectivity index (χ4n) is 1.92. The van der Waals surface area contributed by atoms with Crippen LogP contribution in [0.3, 0.4) is 0 Å². The van der Waals surface area contributed by atoms with Gasteiger partial charge in [-0.05, 0) is 58.9 Å². The molecule has 0 aliphatic rings. The van der Waals surface area contributed by atoms with E-state index in [4.69, 9.17) is 9.47 Å². The second-order valence-electron chi connectivity index (χ2n) is 4.54. The van der Waals surface area contributed by atoms with Gasteiger partial charge in [-0.2, -0.15) is 0 Å². The summed E-state index contributed by atoms with van der Waals surface area (Å²) in [4.78, 5) is 0. The highest BCUT2D eigenvalue weighted by atomic mass is 79.9. The third-order valence-electron chi connectivity index (χ3n) is 3.01. The Kier molecular flexibility index (Phi) is 6.08. The van der Waals surface area contributed by atoms with Gasteiger partial charge in [0.05, 0.1) is 11.6 Å². The fraction of sp³-hybridized carbons (Fsp3) is 0.250. The standard InChI is InChI=1S/C16H17Br2NO2/c1-19-9-11-3-6-16(15(18)7-11)21-10-12-8-13(20-2)4-5-14(12)17/h3-8,19H,9-10H2,1-2H3. The highest BCUT2D eigenvalue weighted by Gasteiger charge is 2.06. The van der Waals surface area contributed by atoms with E-state index in [0.29, 0.717) is 6.61 Å². The Hall–Kier alpha value is -1.04. The van der Waals surface area contributed by atoms with Crippen LogP contribution in [0.25, 0.3) is 0 Å². The lowest BCUT2D eigenvalue weighted by molar-refractivity contribution is 0.302. The van der Waals surface area contributed by atoms with E-state index in [1.165, 1.54) is 5.56 Å².